The maximum Gasteiger partial charge on any atom is 0.128 e. The molecule has 0 aromatic heterocycles. The molecule has 0 bridgehead atoms. The fraction of sp³-hybridized carbons (Fsp3) is 0.333. The quantitative estimate of drug-likeness (QED) is 0.733. The van der Waals surface area contributed by atoms with Crippen LogP contribution in [0.3, 0.4) is 0 Å². The zero-order chi connectivity index (χ0) is 9.14. The first kappa shape index (κ1) is 9.00. The second kappa shape index (κ2) is 3.54. The Hall–Kier alpha value is -1.09. The van der Waals surface area contributed by atoms with Crippen molar-refractivity contribution in [2.45, 2.75) is 13.0 Å². The molecule has 0 fully saturated rings. The van der Waals surface area contributed by atoms with E-state index in [9.17, 15) is 4.39 Å². The van der Waals surface area contributed by atoms with E-state index in [1.165, 1.54) is 13.2 Å². The lowest BCUT2D eigenvalue weighted by atomic mass is 10.1. The molecule has 1 rings (SSSR count). The van der Waals surface area contributed by atoms with Gasteiger partial charge in [-0.2, -0.15) is 0 Å². The Labute approximate surface area is 71.1 Å². The highest BCUT2D eigenvalue weighted by Gasteiger charge is 2.07. The highest BCUT2D eigenvalue weighted by molar-refractivity contribution is 5.31. The molecular formula is C9H12FNO. The van der Waals surface area contributed by atoms with Gasteiger partial charge in [-0.25, -0.2) is 4.39 Å². The Morgan fingerprint density at radius 3 is 2.67 bits per heavy atom. The van der Waals surface area contributed by atoms with E-state index in [0.29, 0.717) is 11.3 Å². The van der Waals surface area contributed by atoms with Crippen LogP contribution in [-0.4, -0.2) is 7.11 Å². The number of hydrogen-bond donors (Lipinski definition) is 1. The zero-order valence-electron chi connectivity index (χ0n) is 7.17. The summed E-state index contributed by atoms with van der Waals surface area (Å²) in [6, 6.07) is 4.23. The van der Waals surface area contributed by atoms with Crippen LogP contribution in [-0.2, 0) is 0 Å². The summed E-state index contributed by atoms with van der Waals surface area (Å²) >= 11 is 0. The molecule has 0 spiro atoms. The summed E-state index contributed by atoms with van der Waals surface area (Å²) in [4.78, 5) is 0. The second-order valence-corrected chi connectivity index (χ2v) is 2.68. The van der Waals surface area contributed by atoms with Crippen LogP contribution in [0.15, 0.2) is 18.2 Å². The lowest BCUT2D eigenvalue weighted by molar-refractivity contribution is 0.412. The van der Waals surface area contributed by atoms with Crippen molar-refractivity contribution in [1.29, 1.82) is 0 Å². The van der Waals surface area contributed by atoms with E-state index in [1.807, 2.05) is 0 Å². The second-order valence-electron chi connectivity index (χ2n) is 2.68. The highest BCUT2D eigenvalue weighted by Crippen LogP contribution is 2.20. The Morgan fingerprint density at radius 2 is 2.17 bits per heavy atom. The Bertz CT molecular complexity index is 273. The van der Waals surface area contributed by atoms with E-state index >= 15 is 0 Å². The summed E-state index contributed by atoms with van der Waals surface area (Å²) in [7, 11) is 1.54. The monoisotopic (exact) mass is 169 g/mol. The topological polar surface area (TPSA) is 35.2 Å². The number of rotatable bonds is 2. The van der Waals surface area contributed by atoms with Crippen molar-refractivity contribution in [1.82, 2.24) is 0 Å². The van der Waals surface area contributed by atoms with Gasteiger partial charge in [0.15, 0.2) is 0 Å². The van der Waals surface area contributed by atoms with Crippen LogP contribution in [0.25, 0.3) is 0 Å². The molecule has 2 N–H and O–H groups in total. The Kier molecular flexibility index (Phi) is 2.65. The summed E-state index contributed by atoms with van der Waals surface area (Å²) in [6.45, 7) is 1.73. The van der Waals surface area contributed by atoms with Crippen LogP contribution in [0.5, 0.6) is 5.75 Å². The number of methoxy groups -OCH3 is 1. The molecule has 1 atom stereocenters. The van der Waals surface area contributed by atoms with Crippen molar-refractivity contribution in [2.75, 3.05) is 7.11 Å². The molecule has 0 amide bonds. The third-order valence-corrected chi connectivity index (χ3v) is 1.69. The summed E-state index contributed by atoms with van der Waals surface area (Å²) in [5.41, 5.74) is 6.02. The molecule has 3 heteroatoms. The van der Waals surface area contributed by atoms with E-state index in [0.717, 1.165) is 0 Å². The molecule has 0 aliphatic carbocycles. The van der Waals surface area contributed by atoms with Crippen molar-refractivity contribution in [3.63, 3.8) is 0 Å². The molecule has 1 aromatic carbocycles. The standard InChI is InChI=1S/C9H12FNO/c1-6(11)8-5-7(12-2)3-4-9(8)10/h3-6H,11H2,1-2H3/t6-/m1/s1. The normalized spacial score (nSPS) is 12.7. The maximum absolute atomic E-state index is 13.0. The van der Waals surface area contributed by atoms with Gasteiger partial charge in [-0.1, -0.05) is 0 Å². The maximum atomic E-state index is 13.0. The Balaban J connectivity index is 3.08. The SMILES string of the molecule is COc1ccc(F)c([C@@H](C)N)c1. The fourth-order valence-electron chi connectivity index (χ4n) is 0.998. The molecule has 0 radical (unpaired) electrons. The number of halogens is 1. The van der Waals surface area contributed by atoms with Crippen LogP contribution in [0.2, 0.25) is 0 Å². The van der Waals surface area contributed by atoms with Crippen molar-refractivity contribution >= 4 is 0 Å². The number of benzene rings is 1. The summed E-state index contributed by atoms with van der Waals surface area (Å²) in [5, 5.41) is 0. The van der Waals surface area contributed by atoms with Crippen LogP contribution >= 0.6 is 0 Å². The molecule has 0 saturated carbocycles. The van der Waals surface area contributed by atoms with Gasteiger partial charge in [0.1, 0.15) is 11.6 Å². The summed E-state index contributed by atoms with van der Waals surface area (Å²) < 4.78 is 18.0. The van der Waals surface area contributed by atoms with E-state index in [1.54, 1.807) is 19.1 Å². The van der Waals surface area contributed by atoms with Crippen LogP contribution in [0, 0.1) is 5.82 Å². The van der Waals surface area contributed by atoms with Crippen molar-refractivity contribution < 1.29 is 9.13 Å². The third kappa shape index (κ3) is 1.74. The number of hydrogen-bond acceptors (Lipinski definition) is 2. The van der Waals surface area contributed by atoms with E-state index in [4.69, 9.17) is 10.5 Å². The van der Waals surface area contributed by atoms with Gasteiger partial charge in [-0.3, -0.25) is 0 Å². The van der Waals surface area contributed by atoms with E-state index in [-0.39, 0.29) is 11.9 Å². The summed E-state index contributed by atoms with van der Waals surface area (Å²) in [5.74, 6) is 0.342. The van der Waals surface area contributed by atoms with Gasteiger partial charge in [0.05, 0.1) is 7.11 Å². The van der Waals surface area contributed by atoms with Crippen LogP contribution in [0.1, 0.15) is 18.5 Å². The first-order valence-corrected chi connectivity index (χ1v) is 3.74. The minimum Gasteiger partial charge on any atom is -0.497 e. The number of nitrogens with two attached hydrogens (primary N) is 1. The zero-order valence-corrected chi connectivity index (χ0v) is 7.17. The molecule has 0 aliphatic rings. The lowest BCUT2D eigenvalue weighted by Gasteiger charge is -2.08. The smallest absolute Gasteiger partial charge is 0.128 e. The van der Waals surface area contributed by atoms with Crippen molar-refractivity contribution in [2.24, 2.45) is 5.73 Å². The molecular weight excluding hydrogens is 157 g/mol. The molecule has 0 aliphatic heterocycles. The minimum absolute atomic E-state index is 0.286. The van der Waals surface area contributed by atoms with Gasteiger partial charge >= 0.3 is 0 Å². The van der Waals surface area contributed by atoms with Gasteiger partial charge in [0, 0.05) is 11.6 Å². The van der Waals surface area contributed by atoms with Crippen molar-refractivity contribution in [3.8, 4) is 5.75 Å². The number of ether oxygens (including phenoxy) is 1. The fourth-order valence-corrected chi connectivity index (χ4v) is 0.998. The van der Waals surface area contributed by atoms with Gasteiger partial charge in [0.25, 0.3) is 0 Å². The lowest BCUT2D eigenvalue weighted by Crippen LogP contribution is -2.07. The minimum atomic E-state index is -0.305. The van der Waals surface area contributed by atoms with Gasteiger partial charge in [-0.15, -0.1) is 0 Å². The van der Waals surface area contributed by atoms with Crippen LogP contribution < -0.4 is 10.5 Å². The van der Waals surface area contributed by atoms with Gasteiger partial charge in [-0.05, 0) is 25.1 Å². The molecule has 0 saturated heterocycles. The summed E-state index contributed by atoms with van der Waals surface area (Å²) in [6.07, 6.45) is 0. The molecule has 66 valence electrons. The van der Waals surface area contributed by atoms with Gasteiger partial charge in [0.2, 0.25) is 0 Å². The molecule has 1 aromatic rings. The molecule has 0 unspecified atom stereocenters. The third-order valence-electron chi connectivity index (χ3n) is 1.69. The largest absolute Gasteiger partial charge is 0.497 e. The Morgan fingerprint density at radius 1 is 1.50 bits per heavy atom. The molecule has 0 heterocycles. The predicted molar refractivity (Wildman–Crippen MR) is 45.6 cm³/mol. The van der Waals surface area contributed by atoms with Crippen molar-refractivity contribution in [3.05, 3.63) is 29.6 Å². The van der Waals surface area contributed by atoms with Crippen LogP contribution in [0.4, 0.5) is 4.39 Å². The molecule has 2 nitrogen and oxygen atoms in total. The van der Waals surface area contributed by atoms with E-state index in [2.05, 4.69) is 0 Å². The average Bonchev–Trinajstić information content (AvgIpc) is 2.05. The van der Waals surface area contributed by atoms with E-state index < -0.39 is 0 Å². The average molecular weight is 169 g/mol. The predicted octanol–water partition coefficient (Wildman–Crippen LogP) is 1.85. The van der Waals surface area contributed by atoms with Gasteiger partial charge < -0.3 is 10.5 Å². The molecule has 12 heavy (non-hydrogen) atoms. The highest BCUT2D eigenvalue weighted by atomic mass is 19.1. The first-order valence-electron chi connectivity index (χ1n) is 3.74. The first-order chi connectivity index (χ1) is 5.65.